The van der Waals surface area contributed by atoms with Gasteiger partial charge < -0.3 is 10.2 Å². The largest absolute Gasteiger partial charge is 0.351 e. The van der Waals surface area contributed by atoms with Crippen LogP contribution in [-0.2, 0) is 4.79 Å². The van der Waals surface area contributed by atoms with Gasteiger partial charge in [-0.15, -0.1) is 5.10 Å². The van der Waals surface area contributed by atoms with Gasteiger partial charge in [-0.1, -0.05) is 42.5 Å². The molecule has 1 saturated heterocycles. The normalized spacial score (nSPS) is 17.4. The fraction of sp³-hybridized carbons (Fsp3) is 0.375. The molecule has 30 heavy (non-hydrogen) atoms. The van der Waals surface area contributed by atoms with Gasteiger partial charge in [-0.05, 0) is 55.3 Å². The van der Waals surface area contributed by atoms with E-state index < -0.39 is 0 Å². The van der Waals surface area contributed by atoms with E-state index in [1.807, 2.05) is 44.3 Å². The highest BCUT2D eigenvalue weighted by molar-refractivity contribution is 5.87. The van der Waals surface area contributed by atoms with Gasteiger partial charge in [-0.25, -0.2) is 0 Å². The summed E-state index contributed by atoms with van der Waals surface area (Å²) in [5.41, 5.74) is 1.15. The molecule has 0 saturated carbocycles. The predicted octanol–water partition coefficient (Wildman–Crippen LogP) is 3.41. The van der Waals surface area contributed by atoms with Gasteiger partial charge >= 0.3 is 0 Å². The number of nitrogens with zero attached hydrogens (tertiary/aromatic N) is 4. The molecule has 1 aliphatic heterocycles. The van der Waals surface area contributed by atoms with Gasteiger partial charge in [0.25, 0.3) is 0 Å². The number of fused-ring (bicyclic) bond motifs is 1. The van der Waals surface area contributed by atoms with Crippen molar-refractivity contribution in [3.63, 3.8) is 0 Å². The lowest BCUT2D eigenvalue weighted by Crippen LogP contribution is -2.43. The van der Waals surface area contributed by atoms with Crippen LogP contribution in [0.5, 0.6) is 0 Å². The van der Waals surface area contributed by atoms with E-state index in [1.54, 1.807) is 6.20 Å². The van der Waals surface area contributed by atoms with Crippen LogP contribution in [0.1, 0.15) is 31.4 Å². The molecule has 1 N–H and O–H groups in total. The molecule has 0 radical (unpaired) electrons. The third kappa shape index (κ3) is 4.60. The van der Waals surface area contributed by atoms with Gasteiger partial charge in [0.15, 0.2) is 5.82 Å². The molecule has 3 aromatic rings. The predicted molar refractivity (Wildman–Crippen MR) is 120 cm³/mol. The molecule has 6 heteroatoms. The quantitative estimate of drug-likeness (QED) is 0.655. The van der Waals surface area contributed by atoms with Crippen molar-refractivity contribution < 1.29 is 4.79 Å². The van der Waals surface area contributed by atoms with Gasteiger partial charge in [0, 0.05) is 25.3 Å². The van der Waals surface area contributed by atoms with Crippen LogP contribution in [0.15, 0.2) is 60.8 Å². The summed E-state index contributed by atoms with van der Waals surface area (Å²) >= 11 is 0. The van der Waals surface area contributed by atoms with E-state index in [2.05, 4.69) is 49.6 Å². The first kappa shape index (κ1) is 20.3. The monoisotopic (exact) mass is 403 g/mol. The van der Waals surface area contributed by atoms with Gasteiger partial charge in [0.1, 0.15) is 0 Å². The second-order valence-corrected chi connectivity index (χ2v) is 8.13. The van der Waals surface area contributed by atoms with E-state index in [4.69, 9.17) is 0 Å². The molecule has 0 aliphatic carbocycles. The SMILES string of the molecule is CC(NC(=O)CN(C)CC1CCCN1c1cccnn1)c1cccc2ccccc12. The van der Waals surface area contributed by atoms with Crippen molar-refractivity contribution >= 4 is 22.5 Å². The lowest BCUT2D eigenvalue weighted by atomic mass is 10.00. The molecule has 1 fully saturated rings. The molecular weight excluding hydrogens is 374 g/mol. The van der Waals surface area contributed by atoms with Crippen molar-refractivity contribution in [1.82, 2.24) is 20.4 Å². The topological polar surface area (TPSA) is 61.4 Å². The maximum absolute atomic E-state index is 12.7. The molecule has 2 aromatic carbocycles. The Bertz CT molecular complexity index is 988. The van der Waals surface area contributed by atoms with E-state index in [0.717, 1.165) is 37.3 Å². The maximum atomic E-state index is 12.7. The maximum Gasteiger partial charge on any atom is 0.234 e. The summed E-state index contributed by atoms with van der Waals surface area (Å²) in [4.78, 5) is 17.1. The zero-order valence-corrected chi connectivity index (χ0v) is 17.7. The molecule has 1 aliphatic rings. The zero-order valence-electron chi connectivity index (χ0n) is 17.7. The Morgan fingerprint density at radius 1 is 1.20 bits per heavy atom. The van der Waals surface area contributed by atoms with E-state index in [9.17, 15) is 4.79 Å². The molecule has 156 valence electrons. The number of aromatic nitrogens is 2. The van der Waals surface area contributed by atoms with Crippen LogP contribution in [0.4, 0.5) is 5.82 Å². The summed E-state index contributed by atoms with van der Waals surface area (Å²) in [7, 11) is 2.01. The number of rotatable bonds is 7. The fourth-order valence-corrected chi connectivity index (χ4v) is 4.44. The standard InChI is InChI=1S/C24H29N5O/c1-18(21-12-5-9-19-8-3-4-11-22(19)21)26-24(30)17-28(2)16-20-10-7-15-29(20)23-13-6-14-25-27-23/h3-6,8-9,11-14,18,20H,7,10,15-17H2,1-2H3,(H,26,30). The second-order valence-electron chi connectivity index (χ2n) is 8.13. The Labute approximate surface area is 177 Å². The van der Waals surface area contributed by atoms with E-state index >= 15 is 0 Å². The molecule has 1 aromatic heterocycles. The molecule has 0 bridgehead atoms. The number of carbonyl (C=O) groups is 1. The lowest BCUT2D eigenvalue weighted by Gasteiger charge is -2.29. The van der Waals surface area contributed by atoms with E-state index in [-0.39, 0.29) is 11.9 Å². The number of amides is 1. The lowest BCUT2D eigenvalue weighted by molar-refractivity contribution is -0.122. The van der Waals surface area contributed by atoms with Crippen LogP contribution < -0.4 is 10.2 Å². The van der Waals surface area contributed by atoms with Gasteiger partial charge in [-0.3, -0.25) is 9.69 Å². The van der Waals surface area contributed by atoms with Crippen molar-refractivity contribution in [3.05, 3.63) is 66.4 Å². The highest BCUT2D eigenvalue weighted by Gasteiger charge is 2.27. The third-order valence-electron chi connectivity index (χ3n) is 5.83. The molecule has 6 nitrogen and oxygen atoms in total. The van der Waals surface area contributed by atoms with Crippen molar-refractivity contribution in [1.29, 1.82) is 0 Å². The third-order valence-corrected chi connectivity index (χ3v) is 5.83. The van der Waals surface area contributed by atoms with Gasteiger partial charge in [0.05, 0.1) is 12.6 Å². The van der Waals surface area contributed by atoms with Crippen LogP contribution in [0.25, 0.3) is 10.8 Å². The average molecular weight is 404 g/mol. The Balaban J connectivity index is 1.34. The molecule has 0 spiro atoms. The van der Waals surface area contributed by atoms with Gasteiger partial charge in [-0.2, -0.15) is 5.10 Å². The highest BCUT2D eigenvalue weighted by Crippen LogP contribution is 2.25. The summed E-state index contributed by atoms with van der Waals surface area (Å²) in [5.74, 6) is 0.962. The number of hydrogen-bond acceptors (Lipinski definition) is 5. The van der Waals surface area contributed by atoms with Crippen LogP contribution in [-0.4, -0.2) is 53.7 Å². The van der Waals surface area contributed by atoms with Crippen molar-refractivity contribution in [2.45, 2.75) is 31.8 Å². The van der Waals surface area contributed by atoms with Crippen LogP contribution in [0.3, 0.4) is 0 Å². The molecule has 2 unspecified atom stereocenters. The Hall–Kier alpha value is -2.99. The Morgan fingerprint density at radius 3 is 2.87 bits per heavy atom. The van der Waals surface area contributed by atoms with Crippen LogP contribution in [0, 0.1) is 0 Å². The summed E-state index contributed by atoms with van der Waals surface area (Å²) in [5, 5.41) is 13.8. The second kappa shape index (κ2) is 9.22. The number of benzene rings is 2. The summed E-state index contributed by atoms with van der Waals surface area (Å²) < 4.78 is 0. The van der Waals surface area contributed by atoms with Crippen LogP contribution in [0.2, 0.25) is 0 Å². The Morgan fingerprint density at radius 2 is 2.03 bits per heavy atom. The first-order valence-electron chi connectivity index (χ1n) is 10.6. The summed E-state index contributed by atoms with van der Waals surface area (Å²) in [6.45, 7) is 4.24. The molecule has 2 atom stereocenters. The molecule has 4 rings (SSSR count). The smallest absolute Gasteiger partial charge is 0.234 e. The fourth-order valence-electron chi connectivity index (χ4n) is 4.44. The first-order valence-corrected chi connectivity index (χ1v) is 10.6. The van der Waals surface area contributed by atoms with Crippen LogP contribution >= 0.6 is 0 Å². The number of anilines is 1. The minimum Gasteiger partial charge on any atom is -0.351 e. The first-order chi connectivity index (χ1) is 14.6. The average Bonchev–Trinajstić information content (AvgIpc) is 3.21. The molecule has 2 heterocycles. The number of likely N-dealkylation sites (N-methyl/N-ethyl adjacent to an activating group) is 1. The number of nitrogens with one attached hydrogen (secondary N) is 1. The van der Waals surface area contributed by atoms with Crippen molar-refractivity contribution in [2.75, 3.05) is 31.6 Å². The minimum atomic E-state index is -0.0421. The number of carbonyl (C=O) groups excluding carboxylic acids is 1. The molecule has 1 amide bonds. The summed E-state index contributed by atoms with van der Waals surface area (Å²) in [6.07, 6.45) is 3.94. The number of hydrogen-bond donors (Lipinski definition) is 1. The zero-order chi connectivity index (χ0) is 20.9. The van der Waals surface area contributed by atoms with E-state index in [0.29, 0.717) is 12.6 Å². The van der Waals surface area contributed by atoms with E-state index in [1.165, 1.54) is 10.8 Å². The minimum absolute atomic E-state index is 0.0421. The molecular formula is C24H29N5O. The van der Waals surface area contributed by atoms with Crippen molar-refractivity contribution in [2.24, 2.45) is 0 Å². The van der Waals surface area contributed by atoms with Gasteiger partial charge in [0.2, 0.25) is 5.91 Å². The highest BCUT2D eigenvalue weighted by atomic mass is 16.2. The summed E-state index contributed by atoms with van der Waals surface area (Å²) in [6, 6.07) is 18.8. The Kier molecular flexibility index (Phi) is 6.23. The van der Waals surface area contributed by atoms with Crippen molar-refractivity contribution in [3.8, 4) is 0 Å².